The fourth-order valence-electron chi connectivity index (χ4n) is 2.43. The van der Waals surface area contributed by atoms with Crippen molar-refractivity contribution < 1.29 is 9.47 Å². The van der Waals surface area contributed by atoms with Gasteiger partial charge in [0, 0.05) is 15.5 Å². The minimum atomic E-state index is -0.264. The summed E-state index contributed by atoms with van der Waals surface area (Å²) in [6.07, 6.45) is -0.264. The van der Waals surface area contributed by atoms with Crippen molar-refractivity contribution >= 4 is 15.9 Å². The summed E-state index contributed by atoms with van der Waals surface area (Å²) in [6.45, 7) is 3.51. The molecular formula is C17H17BrO2. The molecule has 0 aliphatic carbocycles. The molecule has 0 amide bonds. The van der Waals surface area contributed by atoms with E-state index in [4.69, 9.17) is 9.47 Å². The van der Waals surface area contributed by atoms with E-state index in [2.05, 4.69) is 47.1 Å². The second-order valence-corrected chi connectivity index (χ2v) is 6.35. The van der Waals surface area contributed by atoms with E-state index in [-0.39, 0.29) is 11.7 Å². The molecule has 1 aliphatic heterocycles. The van der Waals surface area contributed by atoms with Gasteiger partial charge in [0.25, 0.3) is 0 Å². The molecule has 3 heteroatoms. The topological polar surface area (TPSA) is 18.5 Å². The number of benzene rings is 2. The molecule has 0 bridgehead atoms. The van der Waals surface area contributed by atoms with Gasteiger partial charge < -0.3 is 9.47 Å². The molecule has 2 aromatic carbocycles. The highest BCUT2D eigenvalue weighted by molar-refractivity contribution is 9.10. The lowest BCUT2D eigenvalue weighted by molar-refractivity contribution is -0.211. The lowest BCUT2D eigenvalue weighted by atomic mass is 9.83. The lowest BCUT2D eigenvalue weighted by Gasteiger charge is -2.37. The Morgan fingerprint density at radius 1 is 0.950 bits per heavy atom. The van der Waals surface area contributed by atoms with Crippen LogP contribution in [0.3, 0.4) is 0 Å². The van der Waals surface area contributed by atoms with Gasteiger partial charge in [-0.25, -0.2) is 0 Å². The Labute approximate surface area is 127 Å². The van der Waals surface area contributed by atoms with Crippen LogP contribution in [0.1, 0.15) is 24.3 Å². The van der Waals surface area contributed by atoms with Crippen LogP contribution in [-0.2, 0) is 14.9 Å². The summed E-state index contributed by atoms with van der Waals surface area (Å²) in [6, 6.07) is 18.5. The molecular weight excluding hydrogens is 316 g/mol. The SMILES string of the molecule is CC1(c2ccccc2)COC(c2ccc(Br)cc2)OC1. The van der Waals surface area contributed by atoms with Crippen molar-refractivity contribution in [1.29, 1.82) is 0 Å². The summed E-state index contributed by atoms with van der Waals surface area (Å²) in [5.74, 6) is 0. The van der Waals surface area contributed by atoms with Crippen LogP contribution in [0.25, 0.3) is 0 Å². The molecule has 0 unspecified atom stereocenters. The van der Waals surface area contributed by atoms with Crippen molar-refractivity contribution in [1.82, 2.24) is 0 Å². The third-order valence-corrected chi connectivity index (χ3v) is 4.25. The molecule has 0 N–H and O–H groups in total. The molecule has 104 valence electrons. The summed E-state index contributed by atoms with van der Waals surface area (Å²) in [5, 5.41) is 0. The van der Waals surface area contributed by atoms with E-state index in [1.54, 1.807) is 0 Å². The average Bonchev–Trinajstić information content (AvgIpc) is 2.50. The van der Waals surface area contributed by atoms with Crippen LogP contribution in [0.5, 0.6) is 0 Å². The average molecular weight is 333 g/mol. The smallest absolute Gasteiger partial charge is 0.183 e. The zero-order valence-electron chi connectivity index (χ0n) is 11.4. The fraction of sp³-hybridized carbons (Fsp3) is 0.294. The molecule has 0 saturated carbocycles. The second kappa shape index (κ2) is 5.68. The minimum absolute atomic E-state index is 0.0763. The van der Waals surface area contributed by atoms with E-state index in [1.807, 2.05) is 30.3 Å². The molecule has 1 aliphatic rings. The Bertz CT molecular complexity index is 557. The quantitative estimate of drug-likeness (QED) is 0.808. The molecule has 0 radical (unpaired) electrons. The standard InChI is InChI=1S/C17H17BrO2/c1-17(14-5-3-2-4-6-14)11-19-16(20-12-17)13-7-9-15(18)10-8-13/h2-10,16H,11-12H2,1H3. The summed E-state index contributed by atoms with van der Waals surface area (Å²) in [7, 11) is 0. The lowest BCUT2D eigenvalue weighted by Crippen LogP contribution is -2.40. The van der Waals surface area contributed by atoms with Crippen LogP contribution in [0.4, 0.5) is 0 Å². The van der Waals surface area contributed by atoms with Crippen LogP contribution in [0.15, 0.2) is 59.1 Å². The normalized spacial score (nSPS) is 26.4. The number of halogens is 1. The fourth-order valence-corrected chi connectivity index (χ4v) is 2.69. The molecule has 0 aromatic heterocycles. The molecule has 20 heavy (non-hydrogen) atoms. The van der Waals surface area contributed by atoms with Gasteiger partial charge in [-0.1, -0.05) is 65.3 Å². The number of ether oxygens (including phenoxy) is 2. The Morgan fingerprint density at radius 2 is 1.55 bits per heavy atom. The Morgan fingerprint density at radius 3 is 2.15 bits per heavy atom. The van der Waals surface area contributed by atoms with Gasteiger partial charge in [-0.2, -0.15) is 0 Å². The highest BCUT2D eigenvalue weighted by atomic mass is 79.9. The van der Waals surface area contributed by atoms with Gasteiger partial charge in [-0.15, -0.1) is 0 Å². The zero-order valence-corrected chi connectivity index (χ0v) is 13.0. The maximum Gasteiger partial charge on any atom is 0.183 e. The molecule has 0 atom stereocenters. The van der Waals surface area contributed by atoms with Crippen LogP contribution < -0.4 is 0 Å². The number of rotatable bonds is 2. The summed E-state index contributed by atoms with van der Waals surface area (Å²) < 4.78 is 12.9. The van der Waals surface area contributed by atoms with Gasteiger partial charge in [0.05, 0.1) is 13.2 Å². The van der Waals surface area contributed by atoms with Crippen LogP contribution >= 0.6 is 15.9 Å². The monoisotopic (exact) mass is 332 g/mol. The highest BCUT2D eigenvalue weighted by Crippen LogP contribution is 2.34. The van der Waals surface area contributed by atoms with Gasteiger partial charge in [0.15, 0.2) is 6.29 Å². The maximum absolute atomic E-state index is 5.94. The first-order chi connectivity index (χ1) is 9.67. The van der Waals surface area contributed by atoms with Crippen molar-refractivity contribution in [2.75, 3.05) is 13.2 Å². The highest BCUT2D eigenvalue weighted by Gasteiger charge is 2.34. The third kappa shape index (κ3) is 2.80. The van der Waals surface area contributed by atoms with Crippen LogP contribution in [-0.4, -0.2) is 13.2 Å². The number of hydrogen-bond acceptors (Lipinski definition) is 2. The Balaban J connectivity index is 1.72. The molecule has 2 aromatic rings. The van der Waals surface area contributed by atoms with Crippen LogP contribution in [0, 0.1) is 0 Å². The first-order valence-corrected chi connectivity index (χ1v) is 7.51. The van der Waals surface area contributed by atoms with Gasteiger partial charge in [0.2, 0.25) is 0 Å². The predicted octanol–water partition coefficient (Wildman–Crippen LogP) is 4.45. The third-order valence-electron chi connectivity index (χ3n) is 3.72. The molecule has 0 spiro atoms. The molecule has 1 saturated heterocycles. The van der Waals surface area contributed by atoms with E-state index in [9.17, 15) is 0 Å². The summed E-state index contributed by atoms with van der Waals surface area (Å²) in [4.78, 5) is 0. The van der Waals surface area contributed by atoms with Gasteiger partial charge in [-0.05, 0) is 17.7 Å². The van der Waals surface area contributed by atoms with Crippen molar-refractivity contribution in [3.63, 3.8) is 0 Å². The molecule has 3 rings (SSSR count). The Hall–Kier alpha value is -1.16. The first kappa shape index (κ1) is 13.8. The van der Waals surface area contributed by atoms with E-state index in [0.717, 1.165) is 10.0 Å². The second-order valence-electron chi connectivity index (χ2n) is 5.43. The van der Waals surface area contributed by atoms with Gasteiger partial charge >= 0.3 is 0 Å². The summed E-state index contributed by atoms with van der Waals surface area (Å²) >= 11 is 3.44. The van der Waals surface area contributed by atoms with Crippen molar-refractivity contribution in [2.45, 2.75) is 18.6 Å². The largest absolute Gasteiger partial charge is 0.347 e. The Kier molecular flexibility index (Phi) is 3.92. The van der Waals surface area contributed by atoms with Crippen molar-refractivity contribution in [3.05, 3.63) is 70.2 Å². The minimum Gasteiger partial charge on any atom is -0.347 e. The summed E-state index contributed by atoms with van der Waals surface area (Å²) in [5.41, 5.74) is 2.24. The number of hydrogen-bond donors (Lipinski definition) is 0. The van der Waals surface area contributed by atoms with Crippen molar-refractivity contribution in [3.8, 4) is 0 Å². The van der Waals surface area contributed by atoms with Gasteiger partial charge in [-0.3, -0.25) is 0 Å². The maximum atomic E-state index is 5.94. The van der Waals surface area contributed by atoms with E-state index >= 15 is 0 Å². The first-order valence-electron chi connectivity index (χ1n) is 6.72. The van der Waals surface area contributed by atoms with Crippen LogP contribution in [0.2, 0.25) is 0 Å². The van der Waals surface area contributed by atoms with E-state index in [0.29, 0.717) is 13.2 Å². The van der Waals surface area contributed by atoms with Gasteiger partial charge in [0.1, 0.15) is 0 Å². The van der Waals surface area contributed by atoms with Crippen molar-refractivity contribution in [2.24, 2.45) is 0 Å². The molecule has 2 nitrogen and oxygen atoms in total. The molecule has 1 heterocycles. The zero-order chi connectivity index (χ0) is 14.0. The molecule has 1 fully saturated rings. The van der Waals surface area contributed by atoms with E-state index < -0.39 is 0 Å². The predicted molar refractivity (Wildman–Crippen MR) is 82.6 cm³/mol. The van der Waals surface area contributed by atoms with E-state index in [1.165, 1.54) is 5.56 Å².